The van der Waals surface area contributed by atoms with Crippen LogP contribution in [0, 0.1) is 0 Å². The Labute approximate surface area is 179 Å². The Hall–Kier alpha value is -3.88. The van der Waals surface area contributed by atoms with E-state index in [0.29, 0.717) is 12.0 Å². The van der Waals surface area contributed by atoms with Crippen molar-refractivity contribution in [1.82, 2.24) is 25.5 Å². The number of benzene rings is 2. The molecule has 0 radical (unpaired) electrons. The maximum Gasteiger partial charge on any atom is 0.331 e. The van der Waals surface area contributed by atoms with Crippen LogP contribution in [-0.4, -0.2) is 44.5 Å². The Morgan fingerprint density at radius 2 is 1.77 bits per heavy atom. The SMILES string of the molecule is CC(=O)N[C@@H](C)c1ccc(C(=O)COC(=O)[C@@H](Cc2ccccc2)n2cnnn2)cc1. The molecule has 1 amide bonds. The Morgan fingerprint density at radius 3 is 2.39 bits per heavy atom. The van der Waals surface area contributed by atoms with E-state index in [-0.39, 0.29) is 17.7 Å². The summed E-state index contributed by atoms with van der Waals surface area (Å²) < 4.78 is 6.60. The van der Waals surface area contributed by atoms with Gasteiger partial charge in [-0.2, -0.15) is 0 Å². The third-order valence-electron chi connectivity index (χ3n) is 4.73. The zero-order valence-electron chi connectivity index (χ0n) is 17.3. The minimum Gasteiger partial charge on any atom is -0.456 e. The third kappa shape index (κ3) is 6.05. The van der Waals surface area contributed by atoms with Crippen molar-refractivity contribution in [2.45, 2.75) is 32.4 Å². The van der Waals surface area contributed by atoms with Gasteiger partial charge in [0.2, 0.25) is 5.91 Å². The smallest absolute Gasteiger partial charge is 0.331 e. The molecule has 0 saturated carbocycles. The highest BCUT2D eigenvalue weighted by Crippen LogP contribution is 2.16. The molecule has 1 aromatic heterocycles. The number of ether oxygens (including phenoxy) is 1. The molecule has 0 saturated heterocycles. The molecule has 160 valence electrons. The number of nitrogens with zero attached hydrogens (tertiary/aromatic N) is 4. The summed E-state index contributed by atoms with van der Waals surface area (Å²) >= 11 is 0. The van der Waals surface area contributed by atoms with Gasteiger partial charge in [0.1, 0.15) is 6.33 Å². The van der Waals surface area contributed by atoms with E-state index in [1.807, 2.05) is 37.3 Å². The largest absolute Gasteiger partial charge is 0.456 e. The second-order valence-electron chi connectivity index (χ2n) is 7.07. The predicted molar refractivity (Wildman–Crippen MR) is 111 cm³/mol. The van der Waals surface area contributed by atoms with Crippen LogP contribution in [0.25, 0.3) is 0 Å². The predicted octanol–water partition coefficient (Wildman–Crippen LogP) is 2.08. The lowest BCUT2D eigenvalue weighted by molar-refractivity contribution is -0.146. The first-order valence-corrected chi connectivity index (χ1v) is 9.77. The number of amides is 1. The van der Waals surface area contributed by atoms with Gasteiger partial charge in [-0.3, -0.25) is 9.59 Å². The lowest BCUT2D eigenvalue weighted by Crippen LogP contribution is -2.27. The van der Waals surface area contributed by atoms with Gasteiger partial charge in [-0.25, -0.2) is 9.48 Å². The lowest BCUT2D eigenvalue weighted by Gasteiger charge is -2.15. The van der Waals surface area contributed by atoms with E-state index in [1.165, 1.54) is 17.9 Å². The molecular formula is C22H23N5O4. The highest BCUT2D eigenvalue weighted by Gasteiger charge is 2.25. The fourth-order valence-corrected chi connectivity index (χ4v) is 3.10. The number of ketones is 1. The van der Waals surface area contributed by atoms with Gasteiger partial charge >= 0.3 is 5.97 Å². The Bertz CT molecular complexity index is 1020. The normalized spacial score (nSPS) is 12.6. The molecule has 0 fully saturated rings. The summed E-state index contributed by atoms with van der Waals surface area (Å²) in [6, 6.07) is 15.3. The summed E-state index contributed by atoms with van der Waals surface area (Å²) in [7, 11) is 0. The van der Waals surface area contributed by atoms with Crippen molar-refractivity contribution >= 4 is 17.7 Å². The van der Waals surface area contributed by atoms with Gasteiger partial charge < -0.3 is 10.1 Å². The summed E-state index contributed by atoms with van der Waals surface area (Å²) in [5.41, 5.74) is 2.19. The van der Waals surface area contributed by atoms with E-state index in [9.17, 15) is 14.4 Å². The number of aromatic nitrogens is 4. The number of nitrogens with one attached hydrogen (secondary N) is 1. The summed E-state index contributed by atoms with van der Waals surface area (Å²) in [4.78, 5) is 36.4. The molecule has 3 rings (SSSR count). The molecule has 0 aliphatic rings. The number of esters is 1. The summed E-state index contributed by atoms with van der Waals surface area (Å²) in [6.07, 6.45) is 1.67. The second kappa shape index (κ2) is 10.2. The van der Waals surface area contributed by atoms with E-state index in [0.717, 1.165) is 11.1 Å². The van der Waals surface area contributed by atoms with E-state index in [1.54, 1.807) is 24.3 Å². The first-order valence-electron chi connectivity index (χ1n) is 9.77. The minimum atomic E-state index is -0.786. The number of rotatable bonds is 9. The van der Waals surface area contributed by atoms with Crippen molar-refractivity contribution in [2.24, 2.45) is 0 Å². The molecule has 9 heteroatoms. The number of carbonyl (C=O) groups excluding carboxylic acids is 3. The van der Waals surface area contributed by atoms with Crippen LogP contribution in [-0.2, 0) is 20.7 Å². The molecule has 1 N–H and O–H groups in total. The van der Waals surface area contributed by atoms with Gasteiger partial charge in [-0.15, -0.1) is 5.10 Å². The fraction of sp³-hybridized carbons (Fsp3) is 0.273. The van der Waals surface area contributed by atoms with Gasteiger partial charge in [0.15, 0.2) is 18.4 Å². The Kier molecular flexibility index (Phi) is 7.21. The first-order chi connectivity index (χ1) is 14.9. The van der Waals surface area contributed by atoms with Gasteiger partial charge in [-0.05, 0) is 28.5 Å². The number of hydrogen-bond donors (Lipinski definition) is 1. The van der Waals surface area contributed by atoms with Crippen LogP contribution >= 0.6 is 0 Å². The molecule has 2 atom stereocenters. The molecule has 2 aromatic carbocycles. The zero-order valence-corrected chi connectivity index (χ0v) is 17.3. The number of carbonyl (C=O) groups is 3. The molecule has 0 bridgehead atoms. The van der Waals surface area contributed by atoms with E-state index < -0.39 is 18.6 Å². The van der Waals surface area contributed by atoms with Crippen molar-refractivity contribution in [3.05, 3.63) is 77.6 Å². The quantitative estimate of drug-likeness (QED) is 0.415. The number of tetrazole rings is 1. The van der Waals surface area contributed by atoms with Crippen molar-refractivity contribution in [3.8, 4) is 0 Å². The van der Waals surface area contributed by atoms with E-state index in [2.05, 4.69) is 20.8 Å². The van der Waals surface area contributed by atoms with Crippen molar-refractivity contribution in [1.29, 1.82) is 0 Å². The molecule has 0 unspecified atom stereocenters. The van der Waals surface area contributed by atoms with Crippen molar-refractivity contribution in [3.63, 3.8) is 0 Å². The maximum atomic E-state index is 12.7. The average molecular weight is 421 g/mol. The number of Topliss-reactive ketones (excluding diaryl/α,β-unsaturated/α-hetero) is 1. The van der Waals surface area contributed by atoms with Crippen LogP contribution < -0.4 is 5.32 Å². The van der Waals surface area contributed by atoms with Crippen LogP contribution in [0.1, 0.15) is 47.4 Å². The molecule has 31 heavy (non-hydrogen) atoms. The average Bonchev–Trinajstić information content (AvgIpc) is 3.30. The molecule has 1 heterocycles. The highest BCUT2D eigenvalue weighted by atomic mass is 16.5. The van der Waals surface area contributed by atoms with E-state index in [4.69, 9.17) is 4.74 Å². The zero-order chi connectivity index (χ0) is 22.2. The minimum absolute atomic E-state index is 0.132. The van der Waals surface area contributed by atoms with E-state index >= 15 is 0 Å². The van der Waals surface area contributed by atoms with Crippen LogP contribution in [0.4, 0.5) is 0 Å². The van der Waals surface area contributed by atoms with Gasteiger partial charge in [0.25, 0.3) is 0 Å². The lowest BCUT2D eigenvalue weighted by atomic mass is 10.0. The molecular weight excluding hydrogens is 398 g/mol. The van der Waals surface area contributed by atoms with Gasteiger partial charge in [0, 0.05) is 18.9 Å². The molecule has 0 aliphatic heterocycles. The van der Waals surface area contributed by atoms with Crippen LogP contribution in [0.15, 0.2) is 60.9 Å². The van der Waals surface area contributed by atoms with Crippen LogP contribution in [0.5, 0.6) is 0 Å². The molecule has 9 nitrogen and oxygen atoms in total. The first kappa shape index (κ1) is 21.8. The topological polar surface area (TPSA) is 116 Å². The molecule has 0 aliphatic carbocycles. The maximum absolute atomic E-state index is 12.7. The summed E-state index contributed by atoms with van der Waals surface area (Å²) in [5.74, 6) is -1.06. The van der Waals surface area contributed by atoms with Crippen molar-refractivity contribution in [2.75, 3.05) is 6.61 Å². The third-order valence-corrected chi connectivity index (χ3v) is 4.73. The number of hydrogen-bond acceptors (Lipinski definition) is 7. The van der Waals surface area contributed by atoms with Crippen molar-refractivity contribution < 1.29 is 19.1 Å². The van der Waals surface area contributed by atoms with Crippen LogP contribution in [0.3, 0.4) is 0 Å². The fourth-order valence-electron chi connectivity index (χ4n) is 3.10. The second-order valence-corrected chi connectivity index (χ2v) is 7.07. The standard InChI is InChI=1S/C22H23N5O4/c1-15(24-16(2)28)18-8-10-19(11-9-18)21(29)13-31-22(30)20(27-14-23-25-26-27)12-17-6-4-3-5-7-17/h3-11,14-15,20H,12-13H2,1-2H3,(H,24,28)/t15-,20+/m0/s1. The van der Waals surface area contributed by atoms with Gasteiger partial charge in [0.05, 0.1) is 6.04 Å². The van der Waals surface area contributed by atoms with Gasteiger partial charge in [-0.1, -0.05) is 54.6 Å². The highest BCUT2D eigenvalue weighted by molar-refractivity contribution is 5.98. The summed E-state index contributed by atoms with van der Waals surface area (Å²) in [5, 5.41) is 13.8. The summed E-state index contributed by atoms with van der Waals surface area (Å²) in [6.45, 7) is 2.90. The Morgan fingerprint density at radius 1 is 1.06 bits per heavy atom. The van der Waals surface area contributed by atoms with Crippen LogP contribution in [0.2, 0.25) is 0 Å². The monoisotopic (exact) mass is 421 g/mol. The molecule has 0 spiro atoms. The molecule has 3 aromatic rings. The Balaban J connectivity index is 1.62.